The van der Waals surface area contributed by atoms with E-state index in [0.29, 0.717) is 0 Å². The molecule has 0 aliphatic rings. The first-order valence-electron chi connectivity index (χ1n) is 3.70. The third kappa shape index (κ3) is 1.14. The van der Waals surface area contributed by atoms with Crippen molar-refractivity contribution in [3.05, 3.63) is 35.3 Å². The highest BCUT2D eigenvalue weighted by molar-refractivity contribution is 7.24. The summed E-state index contributed by atoms with van der Waals surface area (Å²) >= 11 is 3.61. The van der Waals surface area contributed by atoms with Gasteiger partial charge in [0, 0.05) is 11.5 Å². The Hall–Kier alpha value is -0.970. The summed E-state index contributed by atoms with van der Waals surface area (Å²) in [6.45, 7) is 0. The van der Waals surface area contributed by atoms with Gasteiger partial charge in [0.2, 0.25) is 0 Å². The minimum absolute atomic E-state index is 0. The molecular formula is C9H7NOS2. The second kappa shape index (κ2) is 3.06. The highest BCUT2D eigenvalue weighted by Crippen LogP contribution is 2.25. The first-order chi connectivity index (χ1) is 5.95. The Morgan fingerprint density at radius 1 is 1.00 bits per heavy atom. The lowest BCUT2D eigenvalue weighted by atomic mass is 10.3. The fourth-order valence-electron chi connectivity index (χ4n) is 1.36. The number of nitrogens with zero attached hydrogens (tertiary/aromatic N) is 1. The van der Waals surface area contributed by atoms with Gasteiger partial charge in [0.15, 0.2) is 12.4 Å². The standard InChI is InChI=1S/C9H6NS2.H2O/c1-3-10-4-6-12-9(10)8-7(1)2-5-11-8;/h1-6H;1H2/q+1;/p-1. The summed E-state index contributed by atoms with van der Waals surface area (Å²) in [5, 5.41) is 5.61. The molecule has 1 N–H and O–H groups in total. The molecule has 3 rings (SSSR count). The van der Waals surface area contributed by atoms with Gasteiger partial charge in [0.1, 0.15) is 4.70 Å². The van der Waals surface area contributed by atoms with Gasteiger partial charge in [-0.2, -0.15) is 4.40 Å². The smallest absolute Gasteiger partial charge is 0.285 e. The van der Waals surface area contributed by atoms with Crippen LogP contribution in [0.2, 0.25) is 0 Å². The van der Waals surface area contributed by atoms with Crippen molar-refractivity contribution < 1.29 is 9.88 Å². The zero-order valence-electron chi connectivity index (χ0n) is 6.68. The fraction of sp³-hybridized carbons (Fsp3) is 0. The van der Waals surface area contributed by atoms with Gasteiger partial charge < -0.3 is 5.48 Å². The first-order valence-corrected chi connectivity index (χ1v) is 5.46. The number of hydrogen-bond acceptors (Lipinski definition) is 3. The third-order valence-electron chi connectivity index (χ3n) is 1.94. The molecule has 4 heteroatoms. The van der Waals surface area contributed by atoms with Crippen LogP contribution < -0.4 is 4.40 Å². The van der Waals surface area contributed by atoms with Crippen molar-refractivity contribution in [1.82, 2.24) is 0 Å². The second-order valence-corrected chi connectivity index (χ2v) is 4.45. The number of hydrogen-bond donors (Lipinski definition) is 0. The molecule has 0 aromatic carbocycles. The van der Waals surface area contributed by atoms with Crippen molar-refractivity contribution >= 4 is 37.6 Å². The summed E-state index contributed by atoms with van der Waals surface area (Å²) in [4.78, 5) is 1.35. The maximum Gasteiger partial charge on any atom is 0.285 e. The third-order valence-corrected chi connectivity index (χ3v) is 3.90. The molecule has 0 bridgehead atoms. The maximum absolute atomic E-state index is 2.17. The number of fused-ring (bicyclic) bond motifs is 3. The lowest BCUT2D eigenvalue weighted by Gasteiger charge is -1.83. The van der Waals surface area contributed by atoms with Gasteiger partial charge in [-0.15, -0.1) is 11.3 Å². The average molecular weight is 209 g/mol. The van der Waals surface area contributed by atoms with Crippen LogP contribution in [0.1, 0.15) is 0 Å². The van der Waals surface area contributed by atoms with Crippen LogP contribution in [0.25, 0.3) is 14.9 Å². The van der Waals surface area contributed by atoms with Crippen molar-refractivity contribution in [2.75, 3.05) is 0 Å². The summed E-state index contributed by atoms with van der Waals surface area (Å²) in [5.74, 6) is 0. The minimum Gasteiger partial charge on any atom is -0.870 e. The molecule has 0 aliphatic heterocycles. The van der Waals surface area contributed by atoms with Crippen LogP contribution in [0.15, 0.2) is 35.3 Å². The molecule has 2 nitrogen and oxygen atoms in total. The molecule has 0 atom stereocenters. The van der Waals surface area contributed by atoms with Crippen molar-refractivity contribution in [3.8, 4) is 0 Å². The van der Waals surface area contributed by atoms with Gasteiger partial charge in [0.05, 0.1) is 5.38 Å². The van der Waals surface area contributed by atoms with Crippen LogP contribution in [-0.2, 0) is 0 Å². The Balaban J connectivity index is 0.000000653. The Morgan fingerprint density at radius 3 is 2.85 bits per heavy atom. The minimum atomic E-state index is 0. The highest BCUT2D eigenvalue weighted by Gasteiger charge is 2.08. The van der Waals surface area contributed by atoms with Crippen LogP contribution in [0.4, 0.5) is 0 Å². The molecule has 0 amide bonds. The number of thiophene rings is 1. The molecule has 3 aromatic heterocycles. The first kappa shape index (κ1) is 8.62. The Bertz CT molecular complexity index is 491. The molecule has 0 unspecified atom stereocenters. The number of thiazole rings is 1. The van der Waals surface area contributed by atoms with Crippen LogP contribution >= 0.6 is 22.7 Å². The van der Waals surface area contributed by atoms with E-state index in [1.54, 1.807) is 11.3 Å². The monoisotopic (exact) mass is 209 g/mol. The van der Waals surface area contributed by atoms with Crippen molar-refractivity contribution in [2.24, 2.45) is 0 Å². The summed E-state index contributed by atoms with van der Waals surface area (Å²) in [7, 11) is 0. The summed E-state index contributed by atoms with van der Waals surface area (Å²) in [6.07, 6.45) is 4.21. The summed E-state index contributed by atoms with van der Waals surface area (Å²) in [6, 6.07) is 4.32. The largest absolute Gasteiger partial charge is 0.870 e. The van der Waals surface area contributed by atoms with Crippen LogP contribution in [0, 0.1) is 0 Å². The van der Waals surface area contributed by atoms with E-state index in [1.165, 1.54) is 14.9 Å². The molecule has 0 aliphatic carbocycles. The molecule has 3 heterocycles. The lowest BCUT2D eigenvalue weighted by Crippen LogP contribution is -2.15. The van der Waals surface area contributed by atoms with E-state index in [9.17, 15) is 0 Å². The predicted octanol–water partition coefficient (Wildman–Crippen LogP) is 2.52. The van der Waals surface area contributed by atoms with E-state index in [-0.39, 0.29) is 5.48 Å². The van der Waals surface area contributed by atoms with E-state index in [1.807, 2.05) is 11.3 Å². The van der Waals surface area contributed by atoms with Gasteiger partial charge in [-0.05, 0) is 11.4 Å². The number of pyridine rings is 1. The van der Waals surface area contributed by atoms with Crippen molar-refractivity contribution in [1.29, 1.82) is 0 Å². The van der Waals surface area contributed by atoms with Crippen LogP contribution in [0.5, 0.6) is 0 Å². The summed E-state index contributed by atoms with van der Waals surface area (Å²) in [5.41, 5.74) is 0. The number of aromatic nitrogens is 1. The van der Waals surface area contributed by atoms with E-state index in [4.69, 9.17) is 0 Å². The van der Waals surface area contributed by atoms with E-state index in [0.717, 1.165) is 0 Å². The Kier molecular flexibility index (Phi) is 2.03. The average Bonchev–Trinajstić information content (AvgIpc) is 2.71. The summed E-state index contributed by atoms with van der Waals surface area (Å²) < 4.78 is 3.57. The van der Waals surface area contributed by atoms with Gasteiger partial charge in [-0.25, -0.2) is 0 Å². The second-order valence-electron chi connectivity index (χ2n) is 2.64. The van der Waals surface area contributed by atoms with Gasteiger partial charge in [-0.1, -0.05) is 11.3 Å². The molecule has 0 spiro atoms. The molecule has 66 valence electrons. The zero-order valence-corrected chi connectivity index (χ0v) is 8.31. The SMILES string of the molecule is [OH-].c1cc2cc[n+]3ccsc3c2s1. The quantitative estimate of drug-likeness (QED) is 0.524. The molecular weight excluding hydrogens is 202 g/mol. The molecule has 0 saturated carbocycles. The molecule has 0 saturated heterocycles. The Labute approximate surface area is 83.0 Å². The predicted molar refractivity (Wildman–Crippen MR) is 54.8 cm³/mol. The maximum atomic E-state index is 2.17. The molecule has 0 radical (unpaired) electrons. The fourth-order valence-corrected chi connectivity index (χ4v) is 3.27. The van der Waals surface area contributed by atoms with E-state index >= 15 is 0 Å². The van der Waals surface area contributed by atoms with E-state index < -0.39 is 0 Å². The van der Waals surface area contributed by atoms with Gasteiger partial charge in [0.25, 0.3) is 4.83 Å². The molecule has 13 heavy (non-hydrogen) atoms. The van der Waals surface area contributed by atoms with Gasteiger partial charge >= 0.3 is 0 Å². The topological polar surface area (TPSA) is 34.1 Å². The normalized spacial score (nSPS) is 10.5. The lowest BCUT2D eigenvalue weighted by molar-refractivity contribution is -0.506. The van der Waals surface area contributed by atoms with E-state index in [2.05, 4.69) is 39.7 Å². The highest BCUT2D eigenvalue weighted by atomic mass is 32.1. The van der Waals surface area contributed by atoms with Crippen LogP contribution in [-0.4, -0.2) is 5.48 Å². The number of rotatable bonds is 0. The molecule has 3 aromatic rings. The van der Waals surface area contributed by atoms with Gasteiger partial charge in [-0.3, -0.25) is 0 Å². The Morgan fingerprint density at radius 2 is 1.92 bits per heavy atom. The van der Waals surface area contributed by atoms with Crippen molar-refractivity contribution in [2.45, 2.75) is 0 Å². The van der Waals surface area contributed by atoms with Crippen LogP contribution in [0.3, 0.4) is 0 Å². The van der Waals surface area contributed by atoms with Crippen molar-refractivity contribution in [3.63, 3.8) is 0 Å². The zero-order chi connectivity index (χ0) is 7.97. The molecule has 0 fully saturated rings.